The normalized spacial score (nSPS) is 15.6. The van der Waals surface area contributed by atoms with E-state index in [2.05, 4.69) is 5.32 Å². The van der Waals surface area contributed by atoms with Crippen LogP contribution in [-0.2, 0) is 6.42 Å². The molecule has 1 atom stereocenters. The molecular formula is C12H17F3N2. The first-order valence-corrected chi connectivity index (χ1v) is 5.40. The van der Waals surface area contributed by atoms with Crippen LogP contribution in [0.5, 0.6) is 0 Å². The maximum atomic E-state index is 12.2. The number of alkyl halides is 3. The molecule has 1 aromatic carbocycles. The Morgan fingerprint density at radius 2 is 1.76 bits per heavy atom. The third-order valence-corrected chi connectivity index (χ3v) is 2.60. The standard InChI is InChI=1S/C12H17F3N2/c1-11(8-16,17-9-12(13,14)15)7-10-5-3-2-4-6-10/h2-6,17H,7-9,16H2,1H3. The monoisotopic (exact) mass is 246 g/mol. The molecule has 0 aliphatic rings. The van der Waals surface area contributed by atoms with Crippen molar-refractivity contribution in [1.29, 1.82) is 0 Å². The molecule has 0 radical (unpaired) electrons. The highest BCUT2D eigenvalue weighted by molar-refractivity contribution is 5.17. The first kappa shape index (κ1) is 14.0. The minimum atomic E-state index is -4.22. The van der Waals surface area contributed by atoms with Gasteiger partial charge in [0, 0.05) is 12.1 Å². The molecule has 0 heterocycles. The van der Waals surface area contributed by atoms with E-state index in [9.17, 15) is 13.2 Å². The van der Waals surface area contributed by atoms with Crippen LogP contribution in [0.1, 0.15) is 12.5 Å². The SMILES string of the molecule is CC(CN)(Cc1ccccc1)NCC(F)(F)F. The zero-order chi connectivity index (χ0) is 12.9. The van der Waals surface area contributed by atoms with Crippen molar-refractivity contribution in [1.82, 2.24) is 5.32 Å². The van der Waals surface area contributed by atoms with Gasteiger partial charge >= 0.3 is 6.18 Å². The van der Waals surface area contributed by atoms with E-state index in [-0.39, 0.29) is 6.54 Å². The quantitative estimate of drug-likeness (QED) is 0.835. The zero-order valence-electron chi connectivity index (χ0n) is 9.72. The van der Waals surface area contributed by atoms with Crippen LogP contribution in [0, 0.1) is 0 Å². The number of benzene rings is 1. The fraction of sp³-hybridized carbons (Fsp3) is 0.500. The maximum Gasteiger partial charge on any atom is 0.401 e. The fourth-order valence-corrected chi connectivity index (χ4v) is 1.57. The highest BCUT2D eigenvalue weighted by atomic mass is 19.4. The Bertz CT molecular complexity index is 337. The zero-order valence-corrected chi connectivity index (χ0v) is 9.72. The molecule has 0 aliphatic carbocycles. The molecular weight excluding hydrogens is 229 g/mol. The second kappa shape index (κ2) is 5.51. The van der Waals surface area contributed by atoms with Gasteiger partial charge in [0.15, 0.2) is 0 Å². The summed E-state index contributed by atoms with van der Waals surface area (Å²) in [6.45, 7) is 0.831. The summed E-state index contributed by atoms with van der Waals surface area (Å²) in [6.07, 6.45) is -3.74. The molecule has 1 rings (SSSR count). The Morgan fingerprint density at radius 3 is 2.24 bits per heavy atom. The van der Waals surface area contributed by atoms with Gasteiger partial charge in [-0.25, -0.2) is 0 Å². The van der Waals surface area contributed by atoms with Crippen molar-refractivity contribution in [2.75, 3.05) is 13.1 Å². The minimum Gasteiger partial charge on any atom is -0.329 e. The number of hydrogen-bond acceptors (Lipinski definition) is 2. The Morgan fingerprint density at radius 1 is 1.18 bits per heavy atom. The molecule has 1 aromatic rings. The molecule has 0 amide bonds. The van der Waals surface area contributed by atoms with Crippen molar-refractivity contribution in [2.24, 2.45) is 5.73 Å². The molecule has 0 saturated carbocycles. The summed E-state index contributed by atoms with van der Waals surface area (Å²) in [5, 5.41) is 2.48. The topological polar surface area (TPSA) is 38.0 Å². The van der Waals surface area contributed by atoms with Gasteiger partial charge in [-0.05, 0) is 18.9 Å². The van der Waals surface area contributed by atoms with Crippen LogP contribution in [0.25, 0.3) is 0 Å². The molecule has 0 aliphatic heterocycles. The summed E-state index contributed by atoms with van der Waals surface area (Å²) in [6, 6.07) is 9.34. The van der Waals surface area contributed by atoms with Crippen LogP contribution in [0.4, 0.5) is 13.2 Å². The first-order valence-electron chi connectivity index (χ1n) is 5.40. The molecule has 0 saturated heterocycles. The van der Waals surface area contributed by atoms with E-state index in [4.69, 9.17) is 5.73 Å². The average molecular weight is 246 g/mol. The van der Waals surface area contributed by atoms with Gasteiger partial charge in [-0.15, -0.1) is 0 Å². The average Bonchev–Trinajstić information content (AvgIpc) is 2.27. The summed E-state index contributed by atoms with van der Waals surface area (Å²) in [5.74, 6) is 0. The van der Waals surface area contributed by atoms with Crippen molar-refractivity contribution in [3.8, 4) is 0 Å². The minimum absolute atomic E-state index is 0.151. The molecule has 0 bridgehead atoms. The predicted octanol–water partition coefficient (Wildman–Crippen LogP) is 2.10. The highest BCUT2D eigenvalue weighted by Crippen LogP contribution is 2.17. The van der Waals surface area contributed by atoms with E-state index in [1.807, 2.05) is 30.3 Å². The number of hydrogen-bond donors (Lipinski definition) is 2. The summed E-state index contributed by atoms with van der Waals surface area (Å²) in [7, 11) is 0. The Hall–Kier alpha value is -1.07. The van der Waals surface area contributed by atoms with E-state index >= 15 is 0 Å². The lowest BCUT2D eigenvalue weighted by molar-refractivity contribution is -0.128. The molecule has 5 heteroatoms. The van der Waals surface area contributed by atoms with E-state index in [0.717, 1.165) is 5.56 Å². The van der Waals surface area contributed by atoms with Crippen molar-refractivity contribution in [2.45, 2.75) is 25.1 Å². The molecule has 2 nitrogen and oxygen atoms in total. The van der Waals surface area contributed by atoms with Gasteiger partial charge in [0.1, 0.15) is 0 Å². The Balaban J connectivity index is 2.63. The van der Waals surface area contributed by atoms with Gasteiger partial charge < -0.3 is 11.1 Å². The Labute approximate surface area is 99.0 Å². The third kappa shape index (κ3) is 5.19. The van der Waals surface area contributed by atoms with Crippen LogP contribution in [0.15, 0.2) is 30.3 Å². The van der Waals surface area contributed by atoms with Gasteiger partial charge in [0.2, 0.25) is 0 Å². The van der Waals surface area contributed by atoms with Crippen LogP contribution in [0.2, 0.25) is 0 Å². The Kier molecular flexibility index (Phi) is 4.54. The summed E-state index contributed by atoms with van der Waals surface area (Å²) >= 11 is 0. The van der Waals surface area contributed by atoms with Crippen molar-refractivity contribution >= 4 is 0 Å². The molecule has 0 fully saturated rings. The summed E-state index contributed by atoms with van der Waals surface area (Å²) < 4.78 is 36.5. The van der Waals surface area contributed by atoms with Crippen LogP contribution < -0.4 is 11.1 Å². The number of halogens is 3. The molecule has 3 N–H and O–H groups in total. The summed E-state index contributed by atoms with van der Waals surface area (Å²) in [4.78, 5) is 0. The van der Waals surface area contributed by atoms with Gasteiger partial charge in [-0.1, -0.05) is 30.3 Å². The second-order valence-corrected chi connectivity index (χ2v) is 4.40. The predicted molar refractivity (Wildman–Crippen MR) is 61.7 cm³/mol. The molecule has 17 heavy (non-hydrogen) atoms. The fourth-order valence-electron chi connectivity index (χ4n) is 1.57. The molecule has 0 aromatic heterocycles. The smallest absolute Gasteiger partial charge is 0.329 e. The van der Waals surface area contributed by atoms with Crippen LogP contribution in [-0.4, -0.2) is 24.8 Å². The second-order valence-electron chi connectivity index (χ2n) is 4.40. The first-order chi connectivity index (χ1) is 7.85. The van der Waals surface area contributed by atoms with Gasteiger partial charge in [0.05, 0.1) is 6.54 Å². The van der Waals surface area contributed by atoms with Crippen LogP contribution >= 0.6 is 0 Å². The lowest BCUT2D eigenvalue weighted by Crippen LogP contribution is -2.53. The lowest BCUT2D eigenvalue weighted by atomic mass is 9.93. The largest absolute Gasteiger partial charge is 0.401 e. The third-order valence-electron chi connectivity index (χ3n) is 2.60. The number of rotatable bonds is 5. The van der Waals surface area contributed by atoms with E-state index in [1.165, 1.54) is 0 Å². The van der Waals surface area contributed by atoms with E-state index in [1.54, 1.807) is 6.92 Å². The van der Waals surface area contributed by atoms with Gasteiger partial charge in [-0.2, -0.15) is 13.2 Å². The molecule has 0 spiro atoms. The van der Waals surface area contributed by atoms with E-state index < -0.39 is 18.3 Å². The molecule has 96 valence electrons. The van der Waals surface area contributed by atoms with Gasteiger partial charge in [-0.3, -0.25) is 0 Å². The van der Waals surface area contributed by atoms with E-state index in [0.29, 0.717) is 6.42 Å². The van der Waals surface area contributed by atoms with Crippen molar-refractivity contribution < 1.29 is 13.2 Å². The maximum absolute atomic E-state index is 12.2. The number of nitrogens with two attached hydrogens (primary N) is 1. The summed E-state index contributed by atoms with van der Waals surface area (Å²) in [5.41, 5.74) is 5.78. The van der Waals surface area contributed by atoms with Crippen LogP contribution in [0.3, 0.4) is 0 Å². The van der Waals surface area contributed by atoms with Crippen molar-refractivity contribution in [3.05, 3.63) is 35.9 Å². The molecule has 1 unspecified atom stereocenters. The van der Waals surface area contributed by atoms with Gasteiger partial charge in [0.25, 0.3) is 0 Å². The number of nitrogens with one attached hydrogen (secondary N) is 1. The highest BCUT2D eigenvalue weighted by Gasteiger charge is 2.32. The van der Waals surface area contributed by atoms with Crippen molar-refractivity contribution in [3.63, 3.8) is 0 Å². The lowest BCUT2D eigenvalue weighted by Gasteiger charge is -2.30.